The third-order valence-corrected chi connectivity index (χ3v) is 20.2. The highest BCUT2D eigenvalue weighted by atomic mass is 16.3. The predicted octanol–water partition coefficient (Wildman–Crippen LogP) is 18.3. The molecule has 0 saturated heterocycles. The normalized spacial score (nSPS) is 20.8. The standard InChI is InChI=1S/C73H76BN3O/c1-45-38-62-67-63(39-45)76(59-25-21-27-65-66(59)50-24-17-18-26-64(50)78-65)60-42-49(77-58-33-29-48(69(5,6)7)41-54(58)72(12)34-19-20-35-73(72,77)13)30-31-55(60)74(67)56-43-52-53(71(10,11)37-36-70(52,8)9)44-61(56)75(62)57-32-28-47(68(2,3)4)40-51(57)46-22-15-14-16-23-46/h14-18,21-33,38-44H,19-20,34-37H2,1-13H3. The molecule has 4 heterocycles. The van der Waals surface area contributed by atoms with Crippen molar-refractivity contribution in [2.45, 2.75) is 161 Å². The van der Waals surface area contributed by atoms with Crippen molar-refractivity contribution in [3.05, 3.63) is 185 Å². The van der Waals surface area contributed by atoms with Gasteiger partial charge < -0.3 is 19.1 Å². The Bertz CT molecular complexity index is 3980. The van der Waals surface area contributed by atoms with Crippen LogP contribution in [0.3, 0.4) is 0 Å². The molecule has 0 N–H and O–H groups in total. The molecule has 5 aliphatic rings. The number of aryl methyl sites for hydroxylation is 1. The number of fused-ring (bicyclic) bond motifs is 11. The summed E-state index contributed by atoms with van der Waals surface area (Å²) < 4.78 is 6.78. The fourth-order valence-electron chi connectivity index (χ4n) is 15.4. The van der Waals surface area contributed by atoms with E-state index in [2.05, 4.69) is 256 Å². The van der Waals surface area contributed by atoms with E-state index in [4.69, 9.17) is 4.42 Å². The Hall–Kier alpha value is -6.98. The molecule has 3 aliphatic heterocycles. The minimum Gasteiger partial charge on any atom is -0.456 e. The molecule has 1 fully saturated rings. The number of nitrogens with zero attached hydrogens (tertiary/aromatic N) is 3. The van der Waals surface area contributed by atoms with Crippen molar-refractivity contribution in [2.24, 2.45) is 0 Å². The lowest BCUT2D eigenvalue weighted by atomic mass is 9.33. The summed E-state index contributed by atoms with van der Waals surface area (Å²) in [4.78, 5) is 8.14. The Morgan fingerprint density at radius 2 is 1.09 bits per heavy atom. The highest BCUT2D eigenvalue weighted by Crippen LogP contribution is 2.62. The summed E-state index contributed by atoms with van der Waals surface area (Å²) in [5.41, 5.74) is 26.6. The van der Waals surface area contributed by atoms with Gasteiger partial charge in [0.25, 0.3) is 6.71 Å². The second-order valence-corrected chi connectivity index (χ2v) is 28.0. The second kappa shape index (κ2) is 16.5. The summed E-state index contributed by atoms with van der Waals surface area (Å²) in [6.07, 6.45) is 7.09. The number of rotatable bonds is 4. The van der Waals surface area contributed by atoms with Crippen molar-refractivity contribution in [3.63, 3.8) is 0 Å². The van der Waals surface area contributed by atoms with E-state index in [9.17, 15) is 0 Å². The summed E-state index contributed by atoms with van der Waals surface area (Å²) in [5.74, 6) is 0. The third-order valence-electron chi connectivity index (χ3n) is 20.2. The lowest BCUT2D eigenvalue weighted by molar-refractivity contribution is 0.195. The van der Waals surface area contributed by atoms with Gasteiger partial charge in [-0.05, 0) is 183 Å². The van der Waals surface area contributed by atoms with Crippen molar-refractivity contribution < 1.29 is 4.42 Å². The molecular formula is C73H76BN3O. The van der Waals surface area contributed by atoms with Crippen LogP contribution >= 0.6 is 0 Å². The van der Waals surface area contributed by atoms with Crippen LogP contribution in [0.5, 0.6) is 0 Å². The van der Waals surface area contributed by atoms with Gasteiger partial charge in [0.2, 0.25) is 0 Å². The van der Waals surface area contributed by atoms with E-state index in [1.807, 2.05) is 0 Å². The van der Waals surface area contributed by atoms with E-state index < -0.39 is 0 Å². The van der Waals surface area contributed by atoms with Crippen LogP contribution in [0.15, 0.2) is 156 Å². The average molecular weight is 1020 g/mol. The predicted molar refractivity (Wildman–Crippen MR) is 333 cm³/mol. The number of anilines is 8. The summed E-state index contributed by atoms with van der Waals surface area (Å²) in [6.45, 7) is 31.5. The molecule has 0 spiro atoms. The molecule has 1 aromatic heterocycles. The first-order chi connectivity index (χ1) is 37.1. The van der Waals surface area contributed by atoms with E-state index in [1.165, 1.54) is 120 Å². The van der Waals surface area contributed by atoms with E-state index in [0.29, 0.717) is 0 Å². The molecule has 78 heavy (non-hydrogen) atoms. The zero-order valence-corrected chi connectivity index (χ0v) is 48.5. The van der Waals surface area contributed by atoms with Gasteiger partial charge in [-0.1, -0.05) is 174 Å². The molecular weight excluding hydrogens is 946 g/mol. The van der Waals surface area contributed by atoms with Gasteiger partial charge in [-0.3, -0.25) is 0 Å². The van der Waals surface area contributed by atoms with Crippen LogP contribution < -0.4 is 31.1 Å². The quantitative estimate of drug-likeness (QED) is 0.164. The lowest BCUT2D eigenvalue weighted by Gasteiger charge is -2.51. The van der Waals surface area contributed by atoms with Crippen LogP contribution in [0.25, 0.3) is 33.1 Å². The summed E-state index contributed by atoms with van der Waals surface area (Å²) >= 11 is 0. The molecule has 5 heteroatoms. The number of hydrogen-bond acceptors (Lipinski definition) is 4. The molecule has 2 unspecified atom stereocenters. The van der Waals surface area contributed by atoms with Gasteiger partial charge >= 0.3 is 0 Å². The zero-order chi connectivity index (χ0) is 54.2. The second-order valence-electron chi connectivity index (χ2n) is 28.0. The van der Waals surface area contributed by atoms with Gasteiger partial charge in [0.1, 0.15) is 11.2 Å². The van der Waals surface area contributed by atoms with Crippen LogP contribution in [0.4, 0.5) is 45.5 Å². The Kier molecular flexibility index (Phi) is 10.5. The van der Waals surface area contributed by atoms with Gasteiger partial charge in [0.05, 0.1) is 22.3 Å². The SMILES string of the molecule is Cc1cc2c3c(c1)N(c1cccc4oc5ccccc5c14)c1cc(N4c5ccc(C(C)(C)C)cc5C5(C)CCCCC45C)ccc1B3c1cc3c(cc1N2c1ccc(C(C)(C)C)cc1-c1ccccc1)C(C)(C)CCC3(C)C. The van der Waals surface area contributed by atoms with Gasteiger partial charge in [-0.2, -0.15) is 0 Å². The lowest BCUT2D eigenvalue weighted by Crippen LogP contribution is -2.62. The smallest absolute Gasteiger partial charge is 0.252 e. The van der Waals surface area contributed by atoms with E-state index in [-0.39, 0.29) is 39.3 Å². The van der Waals surface area contributed by atoms with Crippen LogP contribution in [-0.4, -0.2) is 12.3 Å². The summed E-state index contributed by atoms with van der Waals surface area (Å²) in [6, 6.07) is 59.3. The zero-order valence-electron chi connectivity index (χ0n) is 48.5. The third kappa shape index (κ3) is 6.97. The maximum Gasteiger partial charge on any atom is 0.252 e. The van der Waals surface area contributed by atoms with Gasteiger partial charge in [-0.15, -0.1) is 0 Å². The monoisotopic (exact) mass is 1020 g/mol. The van der Waals surface area contributed by atoms with Crippen LogP contribution in [0.1, 0.15) is 155 Å². The summed E-state index contributed by atoms with van der Waals surface area (Å²) in [5, 5.41) is 2.27. The number of para-hydroxylation sites is 1. The van der Waals surface area contributed by atoms with Crippen LogP contribution in [-0.2, 0) is 27.1 Å². The number of furan rings is 1. The summed E-state index contributed by atoms with van der Waals surface area (Å²) in [7, 11) is 0. The molecule has 0 amide bonds. The Morgan fingerprint density at radius 3 is 1.81 bits per heavy atom. The maximum absolute atomic E-state index is 6.78. The molecule has 2 aliphatic carbocycles. The van der Waals surface area contributed by atoms with E-state index in [0.717, 1.165) is 46.9 Å². The van der Waals surface area contributed by atoms with Gasteiger partial charge in [0, 0.05) is 50.5 Å². The van der Waals surface area contributed by atoms with Crippen molar-refractivity contribution in [3.8, 4) is 11.1 Å². The first kappa shape index (κ1) is 49.3. The van der Waals surface area contributed by atoms with Crippen molar-refractivity contribution in [1.29, 1.82) is 0 Å². The highest BCUT2D eigenvalue weighted by Gasteiger charge is 2.58. The van der Waals surface area contributed by atoms with Crippen molar-refractivity contribution in [2.75, 3.05) is 14.7 Å². The van der Waals surface area contributed by atoms with Crippen molar-refractivity contribution >= 4 is 90.5 Å². The molecule has 0 radical (unpaired) electrons. The number of hydrogen-bond donors (Lipinski definition) is 0. The van der Waals surface area contributed by atoms with Crippen LogP contribution in [0.2, 0.25) is 0 Å². The van der Waals surface area contributed by atoms with E-state index >= 15 is 0 Å². The fraction of sp³-hybridized carbons (Fsp3) is 0.342. The molecule has 0 bridgehead atoms. The molecule has 4 nitrogen and oxygen atoms in total. The minimum absolute atomic E-state index is 0.00746. The number of benzene rings is 8. The average Bonchev–Trinajstić information content (AvgIpc) is 3.02. The van der Waals surface area contributed by atoms with Crippen LogP contribution in [0, 0.1) is 6.92 Å². The molecule has 9 aromatic rings. The van der Waals surface area contributed by atoms with Gasteiger partial charge in [-0.25, -0.2) is 0 Å². The van der Waals surface area contributed by atoms with E-state index in [1.54, 1.807) is 0 Å². The Balaban J connectivity index is 1.10. The molecule has 2 atom stereocenters. The highest BCUT2D eigenvalue weighted by molar-refractivity contribution is 7.00. The molecule has 392 valence electrons. The van der Waals surface area contributed by atoms with Crippen molar-refractivity contribution in [1.82, 2.24) is 0 Å². The largest absolute Gasteiger partial charge is 0.456 e. The topological polar surface area (TPSA) is 22.9 Å². The maximum atomic E-state index is 6.78. The Morgan fingerprint density at radius 1 is 0.474 bits per heavy atom. The molecule has 8 aromatic carbocycles. The Labute approximate surface area is 464 Å². The fourth-order valence-corrected chi connectivity index (χ4v) is 15.4. The molecule has 14 rings (SSSR count). The molecule has 1 saturated carbocycles. The minimum atomic E-state index is -0.116. The first-order valence-corrected chi connectivity index (χ1v) is 29.2. The van der Waals surface area contributed by atoms with Gasteiger partial charge in [0.15, 0.2) is 0 Å². The first-order valence-electron chi connectivity index (χ1n) is 29.2.